The molecule has 1 aliphatic carbocycles. The van der Waals surface area contributed by atoms with Crippen LogP contribution in [0.4, 0.5) is 0 Å². The lowest BCUT2D eigenvalue weighted by Crippen LogP contribution is -2.27. The van der Waals surface area contributed by atoms with Crippen molar-refractivity contribution in [1.82, 2.24) is 4.98 Å². The van der Waals surface area contributed by atoms with Crippen LogP contribution >= 0.6 is 0 Å². The van der Waals surface area contributed by atoms with Gasteiger partial charge in [-0.2, -0.15) is 0 Å². The van der Waals surface area contributed by atoms with Crippen LogP contribution in [0, 0.1) is 25.2 Å². The van der Waals surface area contributed by atoms with Crippen molar-refractivity contribution in [2.24, 2.45) is 11.3 Å². The van der Waals surface area contributed by atoms with Crippen molar-refractivity contribution in [3.63, 3.8) is 0 Å². The van der Waals surface area contributed by atoms with Crippen LogP contribution in [-0.2, 0) is 11.2 Å². The molecule has 1 unspecified atom stereocenters. The number of methoxy groups -OCH3 is 1. The van der Waals surface area contributed by atoms with Crippen LogP contribution < -0.4 is 4.74 Å². The summed E-state index contributed by atoms with van der Waals surface area (Å²) in [7, 11) is 1.67. The van der Waals surface area contributed by atoms with E-state index in [0.29, 0.717) is 12.2 Å². The van der Waals surface area contributed by atoms with E-state index in [1.165, 1.54) is 0 Å². The molecule has 1 atom stereocenters. The van der Waals surface area contributed by atoms with Gasteiger partial charge in [-0.05, 0) is 32.1 Å². The lowest BCUT2D eigenvalue weighted by Gasteiger charge is -2.25. The van der Waals surface area contributed by atoms with E-state index in [4.69, 9.17) is 4.74 Å². The van der Waals surface area contributed by atoms with Crippen LogP contribution in [0.1, 0.15) is 49.9 Å². The van der Waals surface area contributed by atoms with E-state index in [2.05, 4.69) is 18.8 Å². The number of ether oxygens (including phenoxy) is 1. The summed E-state index contributed by atoms with van der Waals surface area (Å²) in [5.41, 5.74) is 3.01. The zero-order chi connectivity index (χ0) is 14.9. The normalized spacial score (nSPS) is 20.9. The topological polar surface area (TPSA) is 39.2 Å². The van der Waals surface area contributed by atoms with Crippen molar-refractivity contribution in [3.8, 4) is 5.75 Å². The molecule has 3 nitrogen and oxygen atoms in total. The van der Waals surface area contributed by atoms with E-state index in [0.717, 1.165) is 41.8 Å². The first kappa shape index (κ1) is 15.0. The molecule has 1 aromatic heterocycles. The molecule has 110 valence electrons. The molecule has 2 rings (SSSR count). The van der Waals surface area contributed by atoms with E-state index in [9.17, 15) is 4.79 Å². The SMILES string of the molecule is COc1c(C)cnc(CC(=O)C2CCCC2(C)C)c1C. The minimum absolute atomic E-state index is 0.139. The fourth-order valence-electron chi connectivity index (χ4n) is 3.46. The molecule has 0 saturated heterocycles. The van der Waals surface area contributed by atoms with Crippen molar-refractivity contribution in [3.05, 3.63) is 23.0 Å². The third-order valence-electron chi connectivity index (χ3n) is 4.74. The number of rotatable bonds is 4. The van der Waals surface area contributed by atoms with Crippen LogP contribution in [0.25, 0.3) is 0 Å². The Hall–Kier alpha value is -1.38. The summed E-state index contributed by atoms with van der Waals surface area (Å²) < 4.78 is 5.41. The first-order valence-electron chi connectivity index (χ1n) is 7.38. The summed E-state index contributed by atoms with van der Waals surface area (Å²) in [6.45, 7) is 8.38. The van der Waals surface area contributed by atoms with Gasteiger partial charge in [-0.25, -0.2) is 0 Å². The second-order valence-electron chi connectivity index (χ2n) is 6.62. The van der Waals surface area contributed by atoms with Crippen LogP contribution in [0.2, 0.25) is 0 Å². The summed E-state index contributed by atoms with van der Waals surface area (Å²) in [5.74, 6) is 1.36. The predicted molar refractivity (Wildman–Crippen MR) is 80.1 cm³/mol. The Balaban J connectivity index is 2.20. The fraction of sp³-hybridized carbons (Fsp3) is 0.647. The average Bonchev–Trinajstić information content (AvgIpc) is 2.73. The molecule has 3 heteroatoms. The highest BCUT2D eigenvalue weighted by molar-refractivity contribution is 5.84. The quantitative estimate of drug-likeness (QED) is 0.842. The number of aryl methyl sites for hydroxylation is 1. The Labute approximate surface area is 121 Å². The highest BCUT2D eigenvalue weighted by Gasteiger charge is 2.39. The average molecular weight is 275 g/mol. The fourth-order valence-corrected chi connectivity index (χ4v) is 3.46. The summed E-state index contributed by atoms with van der Waals surface area (Å²) in [6, 6.07) is 0. The van der Waals surface area contributed by atoms with Crippen molar-refractivity contribution < 1.29 is 9.53 Å². The van der Waals surface area contributed by atoms with Gasteiger partial charge in [-0.1, -0.05) is 20.3 Å². The van der Waals surface area contributed by atoms with Gasteiger partial charge in [-0.3, -0.25) is 9.78 Å². The van der Waals surface area contributed by atoms with Gasteiger partial charge in [0, 0.05) is 29.7 Å². The van der Waals surface area contributed by atoms with E-state index in [1.807, 2.05) is 13.8 Å². The predicted octanol–water partition coefficient (Wildman–Crippen LogP) is 3.64. The maximum Gasteiger partial charge on any atom is 0.142 e. The third-order valence-corrected chi connectivity index (χ3v) is 4.74. The largest absolute Gasteiger partial charge is 0.496 e. The molecule has 0 bridgehead atoms. The second-order valence-corrected chi connectivity index (χ2v) is 6.62. The number of Topliss-reactive ketones (excluding diaryl/α,β-unsaturated/α-hetero) is 1. The number of pyridine rings is 1. The van der Waals surface area contributed by atoms with Crippen molar-refractivity contribution in [2.45, 2.75) is 53.4 Å². The maximum atomic E-state index is 12.6. The highest BCUT2D eigenvalue weighted by atomic mass is 16.5. The Morgan fingerprint density at radius 2 is 2.15 bits per heavy atom. The molecule has 1 saturated carbocycles. The molecular formula is C17H25NO2. The lowest BCUT2D eigenvalue weighted by molar-refractivity contribution is -0.124. The molecule has 1 fully saturated rings. The van der Waals surface area contributed by atoms with Crippen LogP contribution in [-0.4, -0.2) is 17.9 Å². The number of carbonyl (C=O) groups is 1. The van der Waals surface area contributed by atoms with Crippen molar-refractivity contribution in [2.75, 3.05) is 7.11 Å². The molecule has 0 radical (unpaired) electrons. The summed E-state index contributed by atoms with van der Waals surface area (Å²) in [6.07, 6.45) is 5.55. The van der Waals surface area contributed by atoms with E-state index in [-0.39, 0.29) is 11.3 Å². The van der Waals surface area contributed by atoms with Crippen molar-refractivity contribution >= 4 is 5.78 Å². The molecule has 1 aliphatic rings. The third kappa shape index (κ3) is 2.72. The first-order chi connectivity index (χ1) is 9.36. The first-order valence-corrected chi connectivity index (χ1v) is 7.38. The molecule has 1 heterocycles. The number of hydrogen-bond acceptors (Lipinski definition) is 3. The molecule has 0 amide bonds. The lowest BCUT2D eigenvalue weighted by atomic mass is 9.78. The number of aromatic nitrogens is 1. The van der Waals surface area contributed by atoms with Gasteiger partial charge < -0.3 is 4.74 Å². The van der Waals surface area contributed by atoms with Crippen LogP contribution in [0.15, 0.2) is 6.20 Å². The van der Waals surface area contributed by atoms with Crippen molar-refractivity contribution in [1.29, 1.82) is 0 Å². The number of hydrogen-bond donors (Lipinski definition) is 0. The van der Waals surface area contributed by atoms with Gasteiger partial charge in [0.2, 0.25) is 0 Å². The molecule has 20 heavy (non-hydrogen) atoms. The number of nitrogens with zero attached hydrogens (tertiary/aromatic N) is 1. The smallest absolute Gasteiger partial charge is 0.142 e. The monoisotopic (exact) mass is 275 g/mol. The number of ketones is 1. The Morgan fingerprint density at radius 3 is 2.70 bits per heavy atom. The molecule has 0 aliphatic heterocycles. The van der Waals surface area contributed by atoms with Gasteiger partial charge in [-0.15, -0.1) is 0 Å². The van der Waals surface area contributed by atoms with Gasteiger partial charge >= 0.3 is 0 Å². The summed E-state index contributed by atoms with van der Waals surface area (Å²) >= 11 is 0. The van der Waals surface area contributed by atoms with Crippen LogP contribution in [0.3, 0.4) is 0 Å². The van der Waals surface area contributed by atoms with E-state index >= 15 is 0 Å². The Bertz CT molecular complexity index is 520. The van der Waals surface area contributed by atoms with Gasteiger partial charge in [0.15, 0.2) is 0 Å². The second kappa shape index (κ2) is 5.55. The zero-order valence-electron chi connectivity index (χ0n) is 13.2. The standard InChI is InChI=1S/C17H25NO2/c1-11-10-18-14(12(2)16(11)20-5)9-15(19)13-7-6-8-17(13,3)4/h10,13H,6-9H2,1-5H3. The maximum absolute atomic E-state index is 12.6. The van der Waals surface area contributed by atoms with E-state index in [1.54, 1.807) is 13.3 Å². The Kier molecular flexibility index (Phi) is 4.17. The number of carbonyl (C=O) groups excluding carboxylic acids is 1. The molecular weight excluding hydrogens is 250 g/mol. The van der Waals surface area contributed by atoms with Crippen LogP contribution in [0.5, 0.6) is 5.75 Å². The molecule has 0 aromatic carbocycles. The van der Waals surface area contributed by atoms with Gasteiger partial charge in [0.1, 0.15) is 11.5 Å². The highest BCUT2D eigenvalue weighted by Crippen LogP contribution is 2.43. The minimum Gasteiger partial charge on any atom is -0.496 e. The molecule has 0 N–H and O–H groups in total. The minimum atomic E-state index is 0.139. The Morgan fingerprint density at radius 1 is 1.45 bits per heavy atom. The van der Waals surface area contributed by atoms with E-state index < -0.39 is 0 Å². The summed E-state index contributed by atoms with van der Waals surface area (Å²) in [5, 5.41) is 0. The molecule has 1 aromatic rings. The summed E-state index contributed by atoms with van der Waals surface area (Å²) in [4.78, 5) is 17.0. The van der Waals surface area contributed by atoms with Gasteiger partial charge in [0.05, 0.1) is 12.8 Å². The van der Waals surface area contributed by atoms with Gasteiger partial charge in [0.25, 0.3) is 0 Å². The molecule has 0 spiro atoms. The zero-order valence-corrected chi connectivity index (χ0v) is 13.2.